The van der Waals surface area contributed by atoms with Crippen molar-refractivity contribution in [2.24, 2.45) is 5.92 Å². The standard InChI is InChI=1S/C11H10ClNO/c12-10-3-9(6-13)4-11(5-10)14-7-8-1-2-8/h3-5,8H,1-2,7H2. The van der Waals surface area contributed by atoms with Crippen molar-refractivity contribution in [3.05, 3.63) is 28.8 Å². The Kier molecular flexibility index (Phi) is 2.60. The fraction of sp³-hybridized carbons (Fsp3) is 0.364. The lowest BCUT2D eigenvalue weighted by atomic mass is 10.2. The van der Waals surface area contributed by atoms with E-state index in [4.69, 9.17) is 21.6 Å². The summed E-state index contributed by atoms with van der Waals surface area (Å²) < 4.78 is 5.52. The first-order chi connectivity index (χ1) is 6.78. The van der Waals surface area contributed by atoms with Gasteiger partial charge < -0.3 is 4.74 Å². The average Bonchev–Trinajstić information content (AvgIpc) is 2.97. The Labute approximate surface area is 88.1 Å². The van der Waals surface area contributed by atoms with Gasteiger partial charge in [-0.3, -0.25) is 0 Å². The van der Waals surface area contributed by atoms with Gasteiger partial charge in [0.25, 0.3) is 0 Å². The number of benzene rings is 1. The van der Waals surface area contributed by atoms with Gasteiger partial charge in [0.2, 0.25) is 0 Å². The van der Waals surface area contributed by atoms with Crippen LogP contribution in [0, 0.1) is 17.2 Å². The molecule has 0 N–H and O–H groups in total. The van der Waals surface area contributed by atoms with Gasteiger partial charge in [0.05, 0.1) is 18.2 Å². The van der Waals surface area contributed by atoms with Crippen LogP contribution in [-0.4, -0.2) is 6.61 Å². The Morgan fingerprint density at radius 3 is 2.86 bits per heavy atom. The van der Waals surface area contributed by atoms with E-state index < -0.39 is 0 Å². The molecule has 0 amide bonds. The minimum atomic E-state index is 0.545. The molecule has 1 aromatic rings. The summed E-state index contributed by atoms with van der Waals surface area (Å²) in [7, 11) is 0. The van der Waals surface area contributed by atoms with Crippen molar-refractivity contribution >= 4 is 11.6 Å². The number of nitrogens with zero attached hydrogens (tertiary/aromatic N) is 1. The lowest BCUT2D eigenvalue weighted by Gasteiger charge is -2.05. The summed E-state index contributed by atoms with van der Waals surface area (Å²) in [4.78, 5) is 0. The first-order valence-electron chi connectivity index (χ1n) is 4.61. The summed E-state index contributed by atoms with van der Waals surface area (Å²) in [5.41, 5.74) is 0.545. The van der Waals surface area contributed by atoms with Gasteiger partial charge in [0, 0.05) is 5.02 Å². The molecule has 0 bridgehead atoms. The molecule has 3 heteroatoms. The SMILES string of the molecule is N#Cc1cc(Cl)cc(OCC2CC2)c1. The maximum Gasteiger partial charge on any atom is 0.122 e. The molecular weight excluding hydrogens is 198 g/mol. The third-order valence-corrected chi connectivity index (χ3v) is 2.40. The second kappa shape index (κ2) is 3.89. The molecule has 1 aromatic carbocycles. The largest absolute Gasteiger partial charge is 0.493 e. The van der Waals surface area contributed by atoms with Gasteiger partial charge in [-0.2, -0.15) is 5.26 Å². The van der Waals surface area contributed by atoms with E-state index in [9.17, 15) is 0 Å². The molecule has 0 aromatic heterocycles. The van der Waals surface area contributed by atoms with Crippen LogP contribution in [0.4, 0.5) is 0 Å². The van der Waals surface area contributed by atoms with E-state index in [1.807, 2.05) is 6.07 Å². The Bertz CT molecular complexity index is 379. The quantitative estimate of drug-likeness (QED) is 0.764. The molecule has 0 unspecified atom stereocenters. The molecule has 1 aliphatic carbocycles. The highest BCUT2D eigenvalue weighted by molar-refractivity contribution is 6.30. The van der Waals surface area contributed by atoms with Crippen LogP contribution in [0.5, 0.6) is 5.75 Å². The van der Waals surface area contributed by atoms with E-state index >= 15 is 0 Å². The molecule has 0 saturated heterocycles. The fourth-order valence-corrected chi connectivity index (χ4v) is 1.43. The first-order valence-corrected chi connectivity index (χ1v) is 4.99. The van der Waals surface area contributed by atoms with Gasteiger partial charge in [-0.25, -0.2) is 0 Å². The van der Waals surface area contributed by atoms with E-state index in [1.165, 1.54) is 12.8 Å². The second-order valence-electron chi connectivity index (χ2n) is 3.54. The van der Waals surface area contributed by atoms with E-state index in [-0.39, 0.29) is 0 Å². The monoisotopic (exact) mass is 207 g/mol. The van der Waals surface area contributed by atoms with Crippen molar-refractivity contribution in [3.63, 3.8) is 0 Å². The van der Waals surface area contributed by atoms with E-state index in [1.54, 1.807) is 18.2 Å². The van der Waals surface area contributed by atoms with Crippen molar-refractivity contribution < 1.29 is 4.74 Å². The topological polar surface area (TPSA) is 33.0 Å². The highest BCUT2D eigenvalue weighted by Gasteiger charge is 2.21. The summed E-state index contributed by atoms with van der Waals surface area (Å²) in [6.07, 6.45) is 2.51. The predicted molar refractivity (Wildman–Crippen MR) is 54.4 cm³/mol. The zero-order valence-electron chi connectivity index (χ0n) is 7.66. The van der Waals surface area contributed by atoms with Gasteiger partial charge in [0.1, 0.15) is 5.75 Å². The van der Waals surface area contributed by atoms with Crippen LogP contribution >= 0.6 is 11.6 Å². The molecule has 2 nitrogen and oxygen atoms in total. The van der Waals surface area contributed by atoms with Crippen molar-refractivity contribution in [1.82, 2.24) is 0 Å². The summed E-state index contributed by atoms with van der Waals surface area (Å²) in [6.45, 7) is 0.741. The molecule has 1 fully saturated rings. The fourth-order valence-electron chi connectivity index (χ4n) is 1.21. The summed E-state index contributed by atoms with van der Waals surface area (Å²) >= 11 is 5.83. The lowest BCUT2D eigenvalue weighted by Crippen LogP contribution is -1.98. The maximum atomic E-state index is 8.71. The molecule has 72 valence electrons. The van der Waals surface area contributed by atoms with Crippen molar-refractivity contribution in [1.29, 1.82) is 5.26 Å². The van der Waals surface area contributed by atoms with Gasteiger partial charge in [0.15, 0.2) is 0 Å². The molecule has 14 heavy (non-hydrogen) atoms. The van der Waals surface area contributed by atoms with Gasteiger partial charge in [-0.05, 0) is 37.0 Å². The maximum absolute atomic E-state index is 8.71. The van der Waals surface area contributed by atoms with Crippen LogP contribution < -0.4 is 4.74 Å². The Hall–Kier alpha value is -1.20. The second-order valence-corrected chi connectivity index (χ2v) is 3.98. The van der Waals surface area contributed by atoms with Crippen LogP contribution in [-0.2, 0) is 0 Å². The number of halogens is 1. The van der Waals surface area contributed by atoms with Gasteiger partial charge >= 0.3 is 0 Å². The Morgan fingerprint density at radius 1 is 1.43 bits per heavy atom. The highest BCUT2D eigenvalue weighted by Crippen LogP contribution is 2.30. The van der Waals surface area contributed by atoms with Crippen molar-refractivity contribution in [2.45, 2.75) is 12.8 Å². The highest BCUT2D eigenvalue weighted by atomic mass is 35.5. The number of rotatable bonds is 3. The van der Waals surface area contributed by atoms with Crippen molar-refractivity contribution in [3.8, 4) is 11.8 Å². The molecule has 0 heterocycles. The zero-order valence-corrected chi connectivity index (χ0v) is 8.42. The molecular formula is C11H10ClNO. The number of nitriles is 1. The molecule has 0 radical (unpaired) electrons. The van der Waals surface area contributed by atoms with Crippen LogP contribution in [0.15, 0.2) is 18.2 Å². The van der Waals surface area contributed by atoms with Crippen LogP contribution in [0.25, 0.3) is 0 Å². The number of hydrogen-bond donors (Lipinski definition) is 0. The minimum Gasteiger partial charge on any atom is -0.493 e. The predicted octanol–water partition coefficient (Wildman–Crippen LogP) is 3.00. The smallest absolute Gasteiger partial charge is 0.122 e. The average molecular weight is 208 g/mol. The third-order valence-electron chi connectivity index (χ3n) is 2.18. The number of hydrogen-bond acceptors (Lipinski definition) is 2. The third kappa shape index (κ3) is 2.40. The summed E-state index contributed by atoms with van der Waals surface area (Å²) in [5, 5.41) is 9.26. The van der Waals surface area contributed by atoms with E-state index in [0.29, 0.717) is 22.3 Å². The summed E-state index contributed by atoms with van der Waals surface area (Å²) in [5.74, 6) is 1.40. The molecule has 0 atom stereocenters. The molecule has 0 spiro atoms. The number of ether oxygens (including phenoxy) is 1. The van der Waals surface area contributed by atoms with Gasteiger partial charge in [-0.15, -0.1) is 0 Å². The van der Waals surface area contributed by atoms with Crippen LogP contribution in [0.3, 0.4) is 0 Å². The summed E-state index contributed by atoms with van der Waals surface area (Å²) in [6, 6.07) is 7.13. The normalized spacial score (nSPS) is 14.9. The van der Waals surface area contributed by atoms with Crippen LogP contribution in [0.1, 0.15) is 18.4 Å². The minimum absolute atomic E-state index is 0.545. The van der Waals surface area contributed by atoms with Crippen LogP contribution in [0.2, 0.25) is 5.02 Å². The zero-order chi connectivity index (χ0) is 9.97. The lowest BCUT2D eigenvalue weighted by molar-refractivity contribution is 0.300. The van der Waals surface area contributed by atoms with E-state index in [2.05, 4.69) is 0 Å². The van der Waals surface area contributed by atoms with Gasteiger partial charge in [-0.1, -0.05) is 11.6 Å². The molecule has 1 saturated carbocycles. The molecule has 1 aliphatic rings. The van der Waals surface area contributed by atoms with E-state index in [0.717, 1.165) is 6.61 Å². The first kappa shape index (κ1) is 9.36. The molecule has 2 rings (SSSR count). The Morgan fingerprint density at radius 2 is 2.21 bits per heavy atom. The molecule has 0 aliphatic heterocycles. The van der Waals surface area contributed by atoms with Crippen molar-refractivity contribution in [2.75, 3.05) is 6.61 Å². The Balaban J connectivity index is 2.07.